The van der Waals surface area contributed by atoms with Crippen LogP contribution in [0.15, 0.2) is 0 Å². The van der Waals surface area contributed by atoms with Crippen molar-refractivity contribution in [3.63, 3.8) is 0 Å². The smallest absolute Gasteiger partial charge is 0.407 e. The van der Waals surface area contributed by atoms with E-state index < -0.39 is 11.6 Å². The molecule has 0 aromatic carbocycles. The zero-order chi connectivity index (χ0) is 14.2. The zero-order valence-corrected chi connectivity index (χ0v) is 12.3. The normalized spacial score (nSPS) is 11.1. The molecule has 3 N–H and O–H groups in total. The molecule has 106 valence electrons. The van der Waals surface area contributed by atoms with Gasteiger partial charge in [-0.25, -0.2) is 4.79 Å². The standard InChI is InChI=1S/C11H23N3O3S/c1-11(2,3)14(10(15)16)6-8-17-7-5-13-9(12)18-4/h5-8H2,1-4H3,(H2,12,13)(H,15,16). The molecule has 0 fully saturated rings. The fraction of sp³-hybridized carbons (Fsp3) is 0.818. The van der Waals surface area contributed by atoms with Gasteiger partial charge in [0, 0.05) is 18.6 Å². The van der Waals surface area contributed by atoms with Gasteiger partial charge in [0.05, 0.1) is 13.2 Å². The summed E-state index contributed by atoms with van der Waals surface area (Å²) in [7, 11) is 0. The van der Waals surface area contributed by atoms with Crippen LogP contribution in [-0.4, -0.2) is 59.4 Å². The lowest BCUT2D eigenvalue weighted by atomic mass is 10.1. The Morgan fingerprint density at radius 1 is 1.44 bits per heavy atom. The van der Waals surface area contributed by atoms with Gasteiger partial charge in [0.15, 0.2) is 5.17 Å². The van der Waals surface area contributed by atoms with E-state index in [0.29, 0.717) is 31.5 Å². The molecule has 0 rings (SSSR count). The van der Waals surface area contributed by atoms with Crippen molar-refractivity contribution in [1.29, 1.82) is 5.41 Å². The lowest BCUT2D eigenvalue weighted by Crippen LogP contribution is -2.46. The van der Waals surface area contributed by atoms with Crippen LogP contribution in [0, 0.1) is 5.41 Å². The highest BCUT2D eigenvalue weighted by atomic mass is 32.2. The fourth-order valence-corrected chi connectivity index (χ4v) is 1.53. The second-order valence-electron chi connectivity index (χ2n) is 4.68. The Morgan fingerprint density at radius 3 is 2.50 bits per heavy atom. The molecule has 0 aliphatic carbocycles. The number of hydrogen-bond donors (Lipinski definition) is 3. The molecule has 6 nitrogen and oxygen atoms in total. The summed E-state index contributed by atoms with van der Waals surface area (Å²) in [5.74, 6) is 0. The summed E-state index contributed by atoms with van der Waals surface area (Å²) in [6, 6.07) is 0. The van der Waals surface area contributed by atoms with Crippen molar-refractivity contribution in [2.45, 2.75) is 26.3 Å². The van der Waals surface area contributed by atoms with E-state index in [0.717, 1.165) is 0 Å². The van der Waals surface area contributed by atoms with E-state index in [1.54, 1.807) is 0 Å². The summed E-state index contributed by atoms with van der Waals surface area (Å²) < 4.78 is 5.33. The number of amidine groups is 1. The minimum absolute atomic E-state index is 0.346. The van der Waals surface area contributed by atoms with Crippen LogP contribution in [0.4, 0.5) is 4.79 Å². The van der Waals surface area contributed by atoms with E-state index in [4.69, 9.17) is 15.3 Å². The molecule has 18 heavy (non-hydrogen) atoms. The number of carboxylic acid groups (broad SMARTS) is 1. The van der Waals surface area contributed by atoms with E-state index >= 15 is 0 Å². The monoisotopic (exact) mass is 277 g/mol. The maximum Gasteiger partial charge on any atom is 0.407 e. The summed E-state index contributed by atoms with van der Waals surface area (Å²) in [5.41, 5.74) is -0.422. The third-order valence-electron chi connectivity index (χ3n) is 2.24. The fourth-order valence-electron chi connectivity index (χ4n) is 1.28. The molecule has 0 aliphatic heterocycles. The summed E-state index contributed by atoms with van der Waals surface area (Å²) in [6.45, 7) is 7.27. The summed E-state index contributed by atoms with van der Waals surface area (Å²) in [5, 5.41) is 19.6. The first kappa shape index (κ1) is 17.1. The Hall–Kier alpha value is -0.950. The third kappa shape index (κ3) is 7.39. The number of carbonyl (C=O) groups is 1. The summed E-state index contributed by atoms with van der Waals surface area (Å²) in [6.07, 6.45) is 0.887. The predicted molar refractivity (Wildman–Crippen MR) is 74.5 cm³/mol. The van der Waals surface area contributed by atoms with E-state index in [-0.39, 0.29) is 0 Å². The Bertz CT molecular complexity index is 279. The molecular formula is C11H23N3O3S. The average molecular weight is 277 g/mol. The van der Waals surface area contributed by atoms with Gasteiger partial charge in [-0.1, -0.05) is 11.8 Å². The van der Waals surface area contributed by atoms with Gasteiger partial charge < -0.3 is 20.1 Å². The van der Waals surface area contributed by atoms with Gasteiger partial charge in [-0.05, 0) is 27.0 Å². The van der Waals surface area contributed by atoms with Crippen LogP contribution < -0.4 is 5.32 Å². The first-order valence-corrected chi connectivity index (χ1v) is 6.96. The molecule has 7 heteroatoms. The SMILES string of the molecule is CSC(=N)NCCOCCN(C(=O)O)C(C)(C)C. The van der Waals surface area contributed by atoms with Gasteiger partial charge in [-0.2, -0.15) is 0 Å². The number of hydrogen-bond acceptors (Lipinski definition) is 4. The Morgan fingerprint density at radius 2 is 2.06 bits per heavy atom. The molecule has 0 aliphatic rings. The number of thioether (sulfide) groups is 1. The summed E-state index contributed by atoms with van der Waals surface area (Å²) >= 11 is 1.33. The molecule has 0 saturated heterocycles. The quantitative estimate of drug-likeness (QED) is 0.390. The molecule has 0 saturated carbocycles. The van der Waals surface area contributed by atoms with Crippen molar-refractivity contribution in [2.24, 2.45) is 0 Å². The second kappa shape index (κ2) is 8.20. The van der Waals surface area contributed by atoms with Gasteiger partial charge in [0.1, 0.15) is 0 Å². The van der Waals surface area contributed by atoms with Crippen molar-refractivity contribution < 1.29 is 14.6 Å². The highest BCUT2D eigenvalue weighted by molar-refractivity contribution is 8.13. The first-order valence-electron chi connectivity index (χ1n) is 5.73. The topological polar surface area (TPSA) is 85.7 Å². The largest absolute Gasteiger partial charge is 0.465 e. The second-order valence-corrected chi connectivity index (χ2v) is 5.49. The van der Waals surface area contributed by atoms with Crippen LogP contribution in [0.3, 0.4) is 0 Å². The zero-order valence-electron chi connectivity index (χ0n) is 11.4. The molecule has 0 aromatic rings. The molecule has 1 amide bonds. The maximum absolute atomic E-state index is 11.0. The lowest BCUT2D eigenvalue weighted by Gasteiger charge is -2.32. The average Bonchev–Trinajstić information content (AvgIpc) is 2.25. The minimum atomic E-state index is -0.937. The van der Waals surface area contributed by atoms with E-state index in [1.807, 2.05) is 27.0 Å². The van der Waals surface area contributed by atoms with Crippen LogP contribution in [0.1, 0.15) is 20.8 Å². The molecule has 0 aromatic heterocycles. The third-order valence-corrected chi connectivity index (χ3v) is 2.79. The van der Waals surface area contributed by atoms with Crippen LogP contribution in [0.25, 0.3) is 0 Å². The van der Waals surface area contributed by atoms with E-state index in [9.17, 15) is 4.79 Å². The highest BCUT2D eigenvalue weighted by Gasteiger charge is 2.25. The van der Waals surface area contributed by atoms with Gasteiger partial charge in [-0.3, -0.25) is 5.41 Å². The molecule has 0 spiro atoms. The maximum atomic E-state index is 11.0. The lowest BCUT2D eigenvalue weighted by molar-refractivity contribution is 0.0626. The van der Waals surface area contributed by atoms with Crippen LogP contribution >= 0.6 is 11.8 Å². The van der Waals surface area contributed by atoms with Crippen LogP contribution in [0.5, 0.6) is 0 Å². The van der Waals surface area contributed by atoms with Crippen molar-refractivity contribution in [3.8, 4) is 0 Å². The van der Waals surface area contributed by atoms with E-state index in [1.165, 1.54) is 16.7 Å². The number of nitrogens with one attached hydrogen (secondary N) is 2. The molecular weight excluding hydrogens is 254 g/mol. The molecule has 0 heterocycles. The number of nitrogens with zero attached hydrogens (tertiary/aromatic N) is 1. The summed E-state index contributed by atoms with van der Waals surface area (Å²) in [4.78, 5) is 12.4. The Labute approximate surface area is 113 Å². The number of amides is 1. The van der Waals surface area contributed by atoms with Gasteiger partial charge in [-0.15, -0.1) is 0 Å². The Kier molecular flexibility index (Phi) is 7.77. The highest BCUT2D eigenvalue weighted by Crippen LogP contribution is 2.12. The Balaban J connectivity index is 3.76. The molecule has 0 atom stereocenters. The van der Waals surface area contributed by atoms with E-state index in [2.05, 4.69) is 5.32 Å². The van der Waals surface area contributed by atoms with Crippen molar-refractivity contribution in [3.05, 3.63) is 0 Å². The molecule has 0 unspecified atom stereocenters. The first-order chi connectivity index (χ1) is 8.29. The van der Waals surface area contributed by atoms with Gasteiger partial charge in [0.2, 0.25) is 0 Å². The number of rotatable bonds is 6. The van der Waals surface area contributed by atoms with Crippen molar-refractivity contribution in [2.75, 3.05) is 32.6 Å². The van der Waals surface area contributed by atoms with Gasteiger partial charge in [0.25, 0.3) is 0 Å². The minimum Gasteiger partial charge on any atom is -0.465 e. The molecule has 0 radical (unpaired) electrons. The molecule has 0 bridgehead atoms. The van der Waals surface area contributed by atoms with Crippen LogP contribution in [-0.2, 0) is 4.74 Å². The van der Waals surface area contributed by atoms with Crippen molar-refractivity contribution in [1.82, 2.24) is 10.2 Å². The van der Waals surface area contributed by atoms with Crippen molar-refractivity contribution >= 4 is 23.0 Å². The van der Waals surface area contributed by atoms with Gasteiger partial charge >= 0.3 is 6.09 Å². The van der Waals surface area contributed by atoms with Crippen LogP contribution in [0.2, 0.25) is 0 Å². The number of ether oxygens (including phenoxy) is 1. The predicted octanol–water partition coefficient (Wildman–Crippen LogP) is 1.67.